The molecule has 2 heterocycles. The third-order valence-corrected chi connectivity index (χ3v) is 5.25. The van der Waals surface area contributed by atoms with E-state index in [2.05, 4.69) is 16.5 Å². The van der Waals surface area contributed by atoms with Crippen LogP contribution in [0.5, 0.6) is 0 Å². The average molecular weight is 367 g/mol. The summed E-state index contributed by atoms with van der Waals surface area (Å²) in [4.78, 5) is 17.0. The molecule has 2 aliphatic heterocycles. The van der Waals surface area contributed by atoms with Gasteiger partial charge < -0.3 is 9.64 Å². The topological polar surface area (TPSA) is 79.0 Å². The molecule has 8 heteroatoms. The van der Waals surface area contributed by atoms with E-state index in [1.807, 2.05) is 4.90 Å². The zero-order valence-corrected chi connectivity index (χ0v) is 15.3. The van der Waals surface area contributed by atoms with Gasteiger partial charge in [0, 0.05) is 50.1 Å². The molecule has 138 valence electrons. The van der Waals surface area contributed by atoms with E-state index in [4.69, 9.17) is 4.74 Å². The molecule has 7 nitrogen and oxygen atoms in total. The first-order valence-electron chi connectivity index (χ1n) is 8.69. The highest BCUT2D eigenvalue weighted by molar-refractivity contribution is 7.73. The first-order chi connectivity index (χ1) is 12.0. The predicted molar refractivity (Wildman–Crippen MR) is 96.3 cm³/mol. The fourth-order valence-electron chi connectivity index (χ4n) is 3.54. The minimum Gasteiger partial charge on any atom is -0.377 e. The molecule has 2 saturated heterocycles. The van der Waals surface area contributed by atoms with Crippen molar-refractivity contribution in [3.8, 4) is 0 Å². The number of carbonyl (C=O) groups is 1. The molecule has 0 radical (unpaired) electrons. The Kier molecular flexibility index (Phi) is 5.93. The molecule has 0 saturated carbocycles. The average Bonchev–Trinajstić information content (AvgIpc) is 3.07. The lowest BCUT2D eigenvalue weighted by atomic mass is 10.1. The van der Waals surface area contributed by atoms with Gasteiger partial charge in [-0.15, -0.1) is 0 Å². The van der Waals surface area contributed by atoms with Crippen molar-refractivity contribution >= 4 is 22.5 Å². The molecule has 2 fully saturated rings. The molecular formula is C17H25N3O4S. The molecule has 0 bridgehead atoms. The second-order valence-corrected chi connectivity index (χ2v) is 7.43. The maximum atomic E-state index is 12.7. The summed E-state index contributed by atoms with van der Waals surface area (Å²) in [5.41, 5.74) is 1.04. The summed E-state index contributed by atoms with van der Waals surface area (Å²) in [5.74, 6) is -0.0117. The first kappa shape index (κ1) is 18.2. The third-order valence-electron chi connectivity index (χ3n) is 4.81. The van der Waals surface area contributed by atoms with Crippen LogP contribution in [0.25, 0.3) is 0 Å². The van der Waals surface area contributed by atoms with Crippen molar-refractivity contribution in [1.82, 2.24) is 9.80 Å². The van der Waals surface area contributed by atoms with Gasteiger partial charge in [-0.2, -0.15) is 0 Å². The summed E-state index contributed by atoms with van der Waals surface area (Å²) >= 11 is 0. The Labute approximate surface area is 150 Å². The van der Waals surface area contributed by atoms with Gasteiger partial charge in [0.05, 0.1) is 6.10 Å². The van der Waals surface area contributed by atoms with E-state index in [1.54, 1.807) is 24.3 Å². The highest BCUT2D eigenvalue weighted by atomic mass is 32.2. The summed E-state index contributed by atoms with van der Waals surface area (Å²) < 4.78 is 29.4. The lowest BCUT2D eigenvalue weighted by Gasteiger charge is -2.40. The summed E-state index contributed by atoms with van der Waals surface area (Å²) in [6.45, 7) is 6.27. The maximum Gasteiger partial charge on any atom is 0.254 e. The number of anilines is 1. The Morgan fingerprint density at radius 3 is 2.64 bits per heavy atom. The smallest absolute Gasteiger partial charge is 0.254 e. The van der Waals surface area contributed by atoms with Crippen LogP contribution in [0.2, 0.25) is 0 Å². The minimum atomic E-state index is -2.69. The summed E-state index contributed by atoms with van der Waals surface area (Å²) in [7, 11) is -2.69. The first-order valence-corrected chi connectivity index (χ1v) is 9.86. The molecule has 1 aromatic carbocycles. The van der Waals surface area contributed by atoms with Crippen LogP contribution in [0.15, 0.2) is 24.3 Å². The molecule has 1 unspecified atom stereocenters. The van der Waals surface area contributed by atoms with Gasteiger partial charge >= 0.3 is 0 Å². The molecule has 3 rings (SSSR count). The fraction of sp³-hybridized carbons (Fsp3) is 0.588. The van der Waals surface area contributed by atoms with E-state index < -0.39 is 10.9 Å². The second kappa shape index (κ2) is 8.16. The van der Waals surface area contributed by atoms with Crippen LogP contribution < -0.4 is 4.72 Å². The van der Waals surface area contributed by atoms with Crippen molar-refractivity contribution in [2.75, 3.05) is 37.5 Å². The van der Waals surface area contributed by atoms with E-state index >= 15 is 0 Å². The van der Waals surface area contributed by atoms with Gasteiger partial charge in [-0.05, 0) is 44.0 Å². The molecule has 2 atom stereocenters. The van der Waals surface area contributed by atoms with Gasteiger partial charge in [-0.3, -0.25) is 14.4 Å². The van der Waals surface area contributed by atoms with Crippen molar-refractivity contribution in [2.45, 2.75) is 31.9 Å². The number of nitrogens with one attached hydrogen (secondary N) is 1. The van der Waals surface area contributed by atoms with Crippen LogP contribution in [0.1, 0.15) is 30.1 Å². The maximum absolute atomic E-state index is 12.7. The third kappa shape index (κ3) is 4.71. The van der Waals surface area contributed by atoms with E-state index in [0.717, 1.165) is 39.1 Å². The van der Waals surface area contributed by atoms with E-state index in [-0.39, 0.29) is 11.9 Å². The number of hydrogen-bond acceptors (Lipinski definition) is 5. The Balaban J connectivity index is 1.57. The van der Waals surface area contributed by atoms with Crippen molar-refractivity contribution in [3.05, 3.63) is 29.8 Å². The lowest BCUT2D eigenvalue weighted by Crippen LogP contribution is -2.55. The normalized spacial score (nSPS) is 24.6. The van der Waals surface area contributed by atoms with E-state index in [1.165, 1.54) is 0 Å². The van der Waals surface area contributed by atoms with E-state index in [0.29, 0.717) is 23.9 Å². The number of amides is 1. The number of benzene rings is 1. The van der Waals surface area contributed by atoms with Crippen LogP contribution in [0.4, 0.5) is 5.69 Å². The molecule has 0 spiro atoms. The quantitative estimate of drug-likeness (QED) is 0.758. The minimum absolute atomic E-state index is 0.0117. The molecule has 1 N–H and O–H groups in total. The number of ether oxygens (including phenoxy) is 1. The summed E-state index contributed by atoms with van der Waals surface area (Å²) in [5, 5.41) is 0. The Morgan fingerprint density at radius 2 is 2.04 bits per heavy atom. The number of piperazine rings is 1. The number of hydrogen-bond donors (Lipinski definition) is 2. The molecular weight excluding hydrogens is 342 g/mol. The number of rotatable bonds is 5. The van der Waals surface area contributed by atoms with E-state index in [9.17, 15) is 13.2 Å². The Hall–Kier alpha value is -1.64. The van der Waals surface area contributed by atoms with Gasteiger partial charge in [0.2, 0.25) is 10.9 Å². The second-order valence-electron chi connectivity index (χ2n) is 6.69. The SMILES string of the molecule is C[C@H]1CN(CC2CCCO2)CCN1C(=O)c1ccc(N[SH](=O)=O)cc1. The van der Waals surface area contributed by atoms with Gasteiger partial charge in [-0.25, -0.2) is 8.42 Å². The van der Waals surface area contributed by atoms with Crippen LogP contribution in [-0.4, -0.2) is 69.1 Å². The number of nitrogens with zero attached hydrogens (tertiary/aromatic N) is 2. The summed E-state index contributed by atoms with van der Waals surface area (Å²) in [6.07, 6.45) is 2.61. The molecule has 0 aliphatic carbocycles. The Bertz CT molecular complexity index is 663. The van der Waals surface area contributed by atoms with Crippen LogP contribution >= 0.6 is 0 Å². The molecule has 1 amide bonds. The van der Waals surface area contributed by atoms with Crippen molar-refractivity contribution < 1.29 is 17.9 Å². The van der Waals surface area contributed by atoms with Crippen molar-refractivity contribution in [3.63, 3.8) is 0 Å². The lowest BCUT2D eigenvalue weighted by molar-refractivity contribution is 0.0279. The standard InChI is InChI=1S/C17H25N3O4S/c1-13-11-19(12-16-3-2-10-24-16)8-9-20(13)17(21)14-4-6-15(7-5-14)18-25(22)23/h4-7,13,16,25H,2-3,8-12H2,1H3,(H,18,22,23)/t13-,16?/m0/s1. The molecule has 1 aromatic rings. The van der Waals surface area contributed by atoms with Gasteiger partial charge in [0.25, 0.3) is 5.91 Å². The van der Waals surface area contributed by atoms with Crippen LogP contribution in [-0.2, 0) is 15.6 Å². The molecule has 2 aliphatic rings. The Morgan fingerprint density at radius 1 is 1.28 bits per heavy atom. The van der Waals surface area contributed by atoms with Crippen molar-refractivity contribution in [1.29, 1.82) is 0 Å². The number of thiol groups is 1. The van der Waals surface area contributed by atoms with Gasteiger partial charge in [0.15, 0.2) is 0 Å². The fourth-order valence-corrected chi connectivity index (χ4v) is 3.90. The number of carbonyl (C=O) groups excluding carboxylic acids is 1. The predicted octanol–water partition coefficient (Wildman–Crippen LogP) is 0.950. The molecule has 0 aromatic heterocycles. The zero-order valence-electron chi connectivity index (χ0n) is 14.4. The summed E-state index contributed by atoms with van der Waals surface area (Å²) in [6, 6.07) is 6.67. The van der Waals surface area contributed by atoms with Gasteiger partial charge in [0.1, 0.15) is 0 Å². The zero-order chi connectivity index (χ0) is 17.8. The van der Waals surface area contributed by atoms with Crippen LogP contribution in [0, 0.1) is 0 Å². The van der Waals surface area contributed by atoms with Gasteiger partial charge in [-0.1, -0.05) is 0 Å². The van der Waals surface area contributed by atoms with Crippen LogP contribution in [0.3, 0.4) is 0 Å². The monoisotopic (exact) mass is 367 g/mol. The van der Waals surface area contributed by atoms with Crippen molar-refractivity contribution in [2.24, 2.45) is 0 Å². The largest absolute Gasteiger partial charge is 0.377 e. The highest BCUT2D eigenvalue weighted by Gasteiger charge is 2.29. The molecule has 25 heavy (non-hydrogen) atoms. The highest BCUT2D eigenvalue weighted by Crippen LogP contribution is 2.19.